The number of amides is 1. The van der Waals surface area contributed by atoms with Crippen LogP contribution >= 0.6 is 0 Å². The normalized spacial score (nSPS) is 15.0. The molecule has 0 spiro atoms. The Bertz CT molecular complexity index is 1110. The maximum atomic E-state index is 12.4. The topological polar surface area (TPSA) is 91.4 Å². The second kappa shape index (κ2) is 8.67. The Kier molecular flexibility index (Phi) is 5.43. The first kappa shape index (κ1) is 19.4. The number of carbonyl (C=O) groups excluding carboxylic acids is 1. The van der Waals surface area contributed by atoms with Crippen molar-refractivity contribution in [1.82, 2.24) is 20.0 Å². The largest absolute Gasteiger partial charge is 0.454 e. The summed E-state index contributed by atoms with van der Waals surface area (Å²) in [6.07, 6.45) is 9.92. The highest BCUT2D eigenvalue weighted by Gasteiger charge is 2.19. The van der Waals surface area contributed by atoms with E-state index in [1.54, 1.807) is 0 Å². The first-order valence-electron chi connectivity index (χ1n) is 10.6. The molecule has 1 amide bonds. The van der Waals surface area contributed by atoms with Crippen LogP contribution < -0.4 is 14.8 Å². The lowest BCUT2D eigenvalue weighted by Crippen LogP contribution is -2.28. The second-order valence-electron chi connectivity index (χ2n) is 7.72. The Balaban J connectivity index is 1.23. The van der Waals surface area contributed by atoms with Gasteiger partial charge < -0.3 is 23.9 Å². The van der Waals surface area contributed by atoms with Crippen molar-refractivity contribution in [2.75, 3.05) is 13.3 Å². The van der Waals surface area contributed by atoms with Gasteiger partial charge >= 0.3 is 0 Å². The molecule has 0 atom stereocenters. The Morgan fingerprint density at radius 1 is 1.16 bits per heavy atom. The number of carbonyl (C=O) groups is 1. The Morgan fingerprint density at radius 3 is 3.00 bits per heavy atom. The third kappa shape index (κ3) is 4.33. The average Bonchev–Trinajstić information content (AvgIpc) is 3.54. The summed E-state index contributed by atoms with van der Waals surface area (Å²) in [4.78, 5) is 16.9. The molecule has 160 valence electrons. The molecule has 3 aromatic rings. The first-order chi connectivity index (χ1) is 15.3. The van der Waals surface area contributed by atoms with Crippen LogP contribution in [0.4, 0.5) is 0 Å². The van der Waals surface area contributed by atoms with Crippen molar-refractivity contribution in [3.63, 3.8) is 0 Å². The van der Waals surface area contributed by atoms with Gasteiger partial charge in [0.15, 0.2) is 11.5 Å². The Labute approximate surface area is 179 Å². The van der Waals surface area contributed by atoms with E-state index < -0.39 is 0 Å². The smallest absolute Gasteiger partial charge is 0.274 e. The molecule has 8 heteroatoms. The molecule has 1 N–H and O–H groups in total. The van der Waals surface area contributed by atoms with Crippen LogP contribution in [0.3, 0.4) is 0 Å². The van der Waals surface area contributed by atoms with Gasteiger partial charge in [0.25, 0.3) is 5.89 Å². The lowest BCUT2D eigenvalue weighted by Gasteiger charge is -2.13. The predicted molar refractivity (Wildman–Crippen MR) is 113 cm³/mol. The number of aromatic nitrogens is 3. The molecular formula is C23H24N4O4. The van der Waals surface area contributed by atoms with Crippen molar-refractivity contribution in [3.8, 4) is 34.5 Å². The molecule has 0 saturated carbocycles. The Hall–Kier alpha value is -3.55. The highest BCUT2D eigenvalue weighted by Crippen LogP contribution is 2.35. The van der Waals surface area contributed by atoms with E-state index in [4.69, 9.17) is 14.0 Å². The van der Waals surface area contributed by atoms with Crippen LogP contribution in [-0.4, -0.2) is 34.0 Å². The second-order valence-corrected chi connectivity index (χ2v) is 7.72. The SMILES string of the molecule is O=C(Cn1cccc1-c1nc(-c2ccc3c(c2)OCO3)no1)NCCC1=CCCCC1. The minimum Gasteiger partial charge on any atom is -0.454 e. The van der Waals surface area contributed by atoms with Gasteiger partial charge in [-0.3, -0.25) is 4.79 Å². The highest BCUT2D eigenvalue weighted by molar-refractivity contribution is 5.76. The van der Waals surface area contributed by atoms with Crippen LogP contribution in [0.5, 0.6) is 11.5 Å². The number of nitrogens with zero attached hydrogens (tertiary/aromatic N) is 3. The molecule has 1 aromatic carbocycles. The number of fused-ring (bicyclic) bond motifs is 1. The monoisotopic (exact) mass is 420 g/mol. The van der Waals surface area contributed by atoms with Gasteiger partial charge in [-0.25, -0.2) is 0 Å². The van der Waals surface area contributed by atoms with E-state index in [0.717, 1.165) is 24.8 Å². The maximum absolute atomic E-state index is 12.4. The van der Waals surface area contributed by atoms with Gasteiger partial charge in [0.2, 0.25) is 18.5 Å². The van der Waals surface area contributed by atoms with Gasteiger partial charge in [-0.2, -0.15) is 4.98 Å². The number of hydrogen-bond acceptors (Lipinski definition) is 6. The molecular weight excluding hydrogens is 396 g/mol. The van der Waals surface area contributed by atoms with Crippen LogP contribution in [0.1, 0.15) is 32.1 Å². The third-order valence-electron chi connectivity index (χ3n) is 5.57. The fourth-order valence-electron chi connectivity index (χ4n) is 3.93. The van der Waals surface area contributed by atoms with E-state index in [1.807, 2.05) is 41.1 Å². The summed E-state index contributed by atoms with van der Waals surface area (Å²) in [7, 11) is 0. The fourth-order valence-corrected chi connectivity index (χ4v) is 3.93. The molecule has 0 radical (unpaired) electrons. The zero-order valence-corrected chi connectivity index (χ0v) is 17.2. The van der Waals surface area contributed by atoms with E-state index in [0.29, 0.717) is 35.5 Å². The molecule has 3 heterocycles. The van der Waals surface area contributed by atoms with Crippen LogP contribution in [-0.2, 0) is 11.3 Å². The molecule has 0 saturated heterocycles. The van der Waals surface area contributed by atoms with Crippen molar-refractivity contribution in [2.24, 2.45) is 0 Å². The summed E-state index contributed by atoms with van der Waals surface area (Å²) >= 11 is 0. The minimum absolute atomic E-state index is 0.0376. The fraction of sp³-hybridized carbons (Fsp3) is 0.348. The molecule has 2 aliphatic rings. The lowest BCUT2D eigenvalue weighted by molar-refractivity contribution is -0.121. The van der Waals surface area contributed by atoms with Gasteiger partial charge in [0, 0.05) is 18.3 Å². The molecule has 8 nitrogen and oxygen atoms in total. The summed E-state index contributed by atoms with van der Waals surface area (Å²) in [5, 5.41) is 7.10. The molecule has 0 bridgehead atoms. The number of allylic oxidation sites excluding steroid dienone is 1. The van der Waals surface area contributed by atoms with Crippen molar-refractivity contribution < 1.29 is 18.8 Å². The minimum atomic E-state index is -0.0376. The van der Waals surface area contributed by atoms with E-state index in [-0.39, 0.29) is 19.2 Å². The number of ether oxygens (including phenoxy) is 2. The zero-order chi connectivity index (χ0) is 21.0. The van der Waals surface area contributed by atoms with Gasteiger partial charge in [-0.15, -0.1) is 0 Å². The van der Waals surface area contributed by atoms with Crippen LogP contribution in [0.25, 0.3) is 23.0 Å². The number of nitrogens with one attached hydrogen (secondary N) is 1. The molecule has 0 fully saturated rings. The van der Waals surface area contributed by atoms with E-state index in [1.165, 1.54) is 18.4 Å². The maximum Gasteiger partial charge on any atom is 0.274 e. The Morgan fingerprint density at radius 2 is 2.10 bits per heavy atom. The van der Waals surface area contributed by atoms with E-state index in [2.05, 4.69) is 21.5 Å². The van der Waals surface area contributed by atoms with Crippen molar-refractivity contribution in [2.45, 2.75) is 38.6 Å². The molecule has 0 unspecified atom stereocenters. The summed E-state index contributed by atoms with van der Waals surface area (Å²) in [6.45, 7) is 1.07. The molecule has 1 aliphatic heterocycles. The number of rotatable bonds is 7. The summed E-state index contributed by atoms with van der Waals surface area (Å²) in [5.41, 5.74) is 2.92. The van der Waals surface area contributed by atoms with Crippen LogP contribution in [0.15, 0.2) is 52.7 Å². The third-order valence-corrected chi connectivity index (χ3v) is 5.57. The quantitative estimate of drug-likeness (QED) is 0.582. The summed E-state index contributed by atoms with van der Waals surface area (Å²) in [6, 6.07) is 9.22. The van der Waals surface area contributed by atoms with E-state index in [9.17, 15) is 4.79 Å². The van der Waals surface area contributed by atoms with Crippen molar-refractivity contribution >= 4 is 5.91 Å². The van der Waals surface area contributed by atoms with Crippen molar-refractivity contribution in [3.05, 3.63) is 48.2 Å². The van der Waals surface area contributed by atoms with Crippen LogP contribution in [0, 0.1) is 0 Å². The zero-order valence-electron chi connectivity index (χ0n) is 17.2. The predicted octanol–water partition coefficient (Wildman–Crippen LogP) is 3.94. The van der Waals surface area contributed by atoms with Gasteiger partial charge in [-0.05, 0) is 62.4 Å². The van der Waals surface area contributed by atoms with Crippen LogP contribution in [0.2, 0.25) is 0 Å². The molecule has 1 aliphatic carbocycles. The molecule has 2 aromatic heterocycles. The lowest BCUT2D eigenvalue weighted by atomic mass is 9.97. The summed E-state index contributed by atoms with van der Waals surface area (Å²) < 4.78 is 18.0. The highest BCUT2D eigenvalue weighted by atomic mass is 16.7. The molecule has 5 rings (SSSR count). The first-order valence-corrected chi connectivity index (χ1v) is 10.6. The van der Waals surface area contributed by atoms with Gasteiger partial charge in [0.05, 0.1) is 0 Å². The number of hydrogen-bond donors (Lipinski definition) is 1. The molecule has 31 heavy (non-hydrogen) atoms. The van der Waals surface area contributed by atoms with E-state index >= 15 is 0 Å². The standard InChI is InChI=1S/C23H24N4O4/c28-21(24-11-10-16-5-2-1-3-6-16)14-27-12-4-7-18(27)23-25-22(26-31-23)17-8-9-19-20(13-17)30-15-29-19/h4-5,7-9,12-13H,1-3,6,10-11,14-15H2,(H,24,28). The number of benzene rings is 1. The average molecular weight is 420 g/mol. The summed E-state index contributed by atoms with van der Waals surface area (Å²) in [5.74, 6) is 2.13. The van der Waals surface area contributed by atoms with Gasteiger partial charge in [0.1, 0.15) is 12.2 Å². The van der Waals surface area contributed by atoms with Gasteiger partial charge in [-0.1, -0.05) is 16.8 Å². The van der Waals surface area contributed by atoms with Crippen molar-refractivity contribution in [1.29, 1.82) is 0 Å².